The molecule has 0 unspecified atom stereocenters. The van der Waals surface area contributed by atoms with Gasteiger partial charge in [-0.2, -0.15) is 0 Å². The lowest BCUT2D eigenvalue weighted by Gasteiger charge is -2.22. The zero-order valence-electron chi connectivity index (χ0n) is 17.0. The summed E-state index contributed by atoms with van der Waals surface area (Å²) < 4.78 is 31.0. The number of benzene rings is 2. The monoisotopic (exact) mass is 448 g/mol. The first-order valence-corrected chi connectivity index (χ1v) is 11.9. The van der Waals surface area contributed by atoms with E-state index in [9.17, 15) is 18.0 Å². The summed E-state index contributed by atoms with van der Waals surface area (Å²) in [5.41, 5.74) is 1.37. The van der Waals surface area contributed by atoms with Gasteiger partial charge in [-0.15, -0.1) is 11.8 Å². The molecule has 0 aliphatic carbocycles. The molecule has 30 heavy (non-hydrogen) atoms. The Morgan fingerprint density at radius 2 is 1.93 bits per heavy atom. The summed E-state index contributed by atoms with van der Waals surface area (Å²) in [6, 6.07) is 11.9. The van der Waals surface area contributed by atoms with Gasteiger partial charge in [0.1, 0.15) is 5.75 Å². The Hall–Kier alpha value is -2.52. The fraction of sp³-hybridized carbons (Fsp3) is 0.333. The highest BCUT2D eigenvalue weighted by molar-refractivity contribution is 8.01. The average molecular weight is 449 g/mol. The maximum absolute atomic E-state index is 12.9. The number of thioether (sulfide) groups is 1. The predicted octanol–water partition coefficient (Wildman–Crippen LogP) is 3.00. The van der Waals surface area contributed by atoms with Gasteiger partial charge < -0.3 is 15.4 Å². The molecular formula is C21H24N2O5S2. The fourth-order valence-electron chi connectivity index (χ4n) is 2.98. The molecule has 7 nitrogen and oxygen atoms in total. The standard InChI is InChI=1S/C21H24N2O5S2/c1-13(10-20(24)22-12-15-4-6-16(28-3)7-5-15)30(26,27)17-8-9-19-18(11-17)23-21(25)14(2)29-19/h4-9,11,13-14H,10,12H2,1-3H3,(H,22,24)(H,23,25)/t13-,14+/m1/s1. The van der Waals surface area contributed by atoms with E-state index in [-0.39, 0.29) is 28.4 Å². The molecular weight excluding hydrogens is 424 g/mol. The van der Waals surface area contributed by atoms with Crippen molar-refractivity contribution in [3.63, 3.8) is 0 Å². The Labute approximate surface area is 180 Å². The van der Waals surface area contributed by atoms with E-state index >= 15 is 0 Å². The Morgan fingerprint density at radius 1 is 1.23 bits per heavy atom. The molecule has 0 bridgehead atoms. The lowest BCUT2D eigenvalue weighted by Crippen LogP contribution is -2.30. The van der Waals surface area contributed by atoms with Crippen LogP contribution >= 0.6 is 11.8 Å². The van der Waals surface area contributed by atoms with Crippen LogP contribution in [0.4, 0.5) is 5.69 Å². The minimum absolute atomic E-state index is 0.0900. The number of sulfone groups is 1. The first-order chi connectivity index (χ1) is 14.2. The third-order valence-electron chi connectivity index (χ3n) is 4.86. The first kappa shape index (κ1) is 22.2. The van der Waals surface area contributed by atoms with E-state index in [4.69, 9.17) is 4.74 Å². The third-order valence-corrected chi connectivity index (χ3v) is 8.18. The van der Waals surface area contributed by atoms with Crippen LogP contribution in [0.15, 0.2) is 52.3 Å². The van der Waals surface area contributed by atoms with Crippen LogP contribution in [0.25, 0.3) is 0 Å². The van der Waals surface area contributed by atoms with E-state index in [1.807, 2.05) is 12.1 Å². The van der Waals surface area contributed by atoms with Crippen molar-refractivity contribution in [2.75, 3.05) is 12.4 Å². The Kier molecular flexibility index (Phi) is 6.72. The first-order valence-electron chi connectivity index (χ1n) is 9.46. The summed E-state index contributed by atoms with van der Waals surface area (Å²) in [7, 11) is -2.15. The van der Waals surface area contributed by atoms with Gasteiger partial charge in [-0.3, -0.25) is 9.59 Å². The summed E-state index contributed by atoms with van der Waals surface area (Å²) in [4.78, 5) is 25.1. The Bertz CT molecular complexity index is 1050. The number of rotatable bonds is 7. The van der Waals surface area contributed by atoms with E-state index < -0.39 is 15.1 Å². The van der Waals surface area contributed by atoms with Gasteiger partial charge in [0, 0.05) is 17.9 Å². The van der Waals surface area contributed by atoms with E-state index in [1.54, 1.807) is 32.2 Å². The highest BCUT2D eigenvalue weighted by Gasteiger charge is 2.29. The number of hydrogen-bond donors (Lipinski definition) is 2. The number of nitrogens with one attached hydrogen (secondary N) is 2. The second-order valence-electron chi connectivity index (χ2n) is 7.09. The van der Waals surface area contributed by atoms with Crippen molar-refractivity contribution in [3.8, 4) is 5.75 Å². The highest BCUT2D eigenvalue weighted by Crippen LogP contribution is 2.37. The summed E-state index contributed by atoms with van der Waals surface area (Å²) >= 11 is 1.39. The third kappa shape index (κ3) is 4.96. The molecule has 0 radical (unpaired) electrons. The quantitative estimate of drug-likeness (QED) is 0.675. The Balaban J connectivity index is 1.63. The van der Waals surface area contributed by atoms with Crippen LogP contribution in [-0.2, 0) is 26.0 Å². The number of carbonyl (C=O) groups excluding carboxylic acids is 2. The number of ether oxygens (including phenoxy) is 1. The highest BCUT2D eigenvalue weighted by atomic mass is 32.2. The van der Waals surface area contributed by atoms with E-state index in [0.717, 1.165) is 16.2 Å². The van der Waals surface area contributed by atoms with Gasteiger partial charge in [0.25, 0.3) is 0 Å². The van der Waals surface area contributed by atoms with Crippen molar-refractivity contribution in [1.82, 2.24) is 5.32 Å². The van der Waals surface area contributed by atoms with E-state index in [2.05, 4.69) is 10.6 Å². The van der Waals surface area contributed by atoms with Crippen LogP contribution < -0.4 is 15.4 Å². The van der Waals surface area contributed by atoms with Gasteiger partial charge >= 0.3 is 0 Å². The second-order valence-corrected chi connectivity index (χ2v) is 10.8. The molecule has 2 N–H and O–H groups in total. The number of hydrogen-bond acceptors (Lipinski definition) is 6. The van der Waals surface area contributed by atoms with Gasteiger partial charge in [0.05, 0.1) is 28.2 Å². The molecule has 1 aliphatic rings. The van der Waals surface area contributed by atoms with Crippen LogP contribution in [0.5, 0.6) is 5.75 Å². The molecule has 0 saturated carbocycles. The van der Waals surface area contributed by atoms with Gasteiger partial charge in [-0.1, -0.05) is 12.1 Å². The van der Waals surface area contributed by atoms with Gasteiger partial charge in [0.15, 0.2) is 9.84 Å². The molecule has 9 heteroatoms. The Morgan fingerprint density at radius 3 is 2.60 bits per heavy atom. The number of methoxy groups -OCH3 is 1. The maximum atomic E-state index is 12.9. The van der Waals surface area contributed by atoms with Crippen molar-refractivity contribution in [2.45, 2.75) is 47.1 Å². The van der Waals surface area contributed by atoms with Crippen LogP contribution in [0.3, 0.4) is 0 Å². The van der Waals surface area contributed by atoms with Crippen LogP contribution in [0.1, 0.15) is 25.8 Å². The number of amides is 2. The minimum atomic E-state index is -3.73. The average Bonchev–Trinajstić information content (AvgIpc) is 2.73. The maximum Gasteiger partial charge on any atom is 0.237 e. The normalized spacial score (nSPS) is 16.9. The minimum Gasteiger partial charge on any atom is -0.497 e. The molecule has 0 fully saturated rings. The van der Waals surface area contributed by atoms with Crippen molar-refractivity contribution in [3.05, 3.63) is 48.0 Å². The number of fused-ring (bicyclic) bond motifs is 1. The molecule has 1 aliphatic heterocycles. The van der Waals surface area contributed by atoms with E-state index in [0.29, 0.717) is 12.2 Å². The molecule has 0 saturated heterocycles. The van der Waals surface area contributed by atoms with Crippen molar-refractivity contribution in [1.29, 1.82) is 0 Å². The van der Waals surface area contributed by atoms with Crippen LogP contribution in [0.2, 0.25) is 0 Å². The fourth-order valence-corrected chi connectivity index (χ4v) is 5.29. The number of carbonyl (C=O) groups is 2. The molecule has 3 rings (SSSR count). The molecule has 160 valence electrons. The molecule has 2 aromatic carbocycles. The van der Waals surface area contributed by atoms with Crippen molar-refractivity contribution < 1.29 is 22.7 Å². The summed E-state index contributed by atoms with van der Waals surface area (Å²) in [5.74, 6) is 0.212. The molecule has 2 amide bonds. The summed E-state index contributed by atoms with van der Waals surface area (Å²) in [6.45, 7) is 3.60. The topological polar surface area (TPSA) is 102 Å². The molecule has 2 atom stereocenters. The summed E-state index contributed by atoms with van der Waals surface area (Å²) in [6.07, 6.45) is -0.159. The lowest BCUT2D eigenvalue weighted by molar-refractivity contribution is -0.121. The smallest absolute Gasteiger partial charge is 0.237 e. The zero-order valence-corrected chi connectivity index (χ0v) is 18.6. The molecule has 0 spiro atoms. The largest absolute Gasteiger partial charge is 0.497 e. The van der Waals surface area contributed by atoms with E-state index in [1.165, 1.54) is 30.8 Å². The molecule has 1 heterocycles. The van der Waals surface area contributed by atoms with Crippen LogP contribution in [0, 0.1) is 0 Å². The summed E-state index contributed by atoms with van der Waals surface area (Å²) in [5, 5.41) is 4.35. The second kappa shape index (κ2) is 9.09. The molecule has 2 aromatic rings. The van der Waals surface area contributed by atoms with Crippen molar-refractivity contribution >= 4 is 39.1 Å². The van der Waals surface area contributed by atoms with Gasteiger partial charge in [-0.05, 0) is 49.7 Å². The molecule has 0 aromatic heterocycles. The number of anilines is 1. The SMILES string of the molecule is COc1ccc(CNC(=O)C[C@@H](C)S(=O)(=O)c2ccc3c(c2)NC(=O)[C@H](C)S3)cc1. The van der Waals surface area contributed by atoms with Gasteiger partial charge in [-0.25, -0.2) is 8.42 Å². The lowest BCUT2D eigenvalue weighted by atomic mass is 10.2. The van der Waals surface area contributed by atoms with Gasteiger partial charge in [0.2, 0.25) is 11.8 Å². The van der Waals surface area contributed by atoms with Crippen molar-refractivity contribution in [2.24, 2.45) is 0 Å². The predicted molar refractivity (Wildman–Crippen MR) is 116 cm³/mol. The zero-order chi connectivity index (χ0) is 21.9. The van der Waals surface area contributed by atoms with Crippen LogP contribution in [-0.4, -0.2) is 37.8 Å².